The maximum atomic E-state index is 13.3. The predicted molar refractivity (Wildman–Crippen MR) is 124 cm³/mol. The second kappa shape index (κ2) is 8.35. The Morgan fingerprint density at radius 1 is 1.11 bits per heavy atom. The van der Waals surface area contributed by atoms with Gasteiger partial charge in [-0.25, -0.2) is 4.68 Å². The van der Waals surface area contributed by atoms with Crippen LogP contribution in [0, 0.1) is 11.3 Å². The first-order chi connectivity index (χ1) is 17.1. The molecule has 36 heavy (non-hydrogen) atoms. The number of hydrogen-bond acceptors (Lipinski definition) is 7. The molecule has 180 valence electrons. The van der Waals surface area contributed by atoms with Gasteiger partial charge in [0.2, 0.25) is 5.91 Å². The van der Waals surface area contributed by atoms with Gasteiger partial charge in [0.25, 0.3) is 5.56 Å². The first-order valence-electron chi connectivity index (χ1n) is 10.6. The quantitative estimate of drug-likeness (QED) is 0.464. The number of amides is 1. The standard InChI is InChI=1S/C25H16F2N4O5/c1-30(16-5-8-20-21(10-16)36-25(26,27)35-20)22(33)13-31-24(34)19-11-17(32)6-7-18(19)23(29-31)15-4-2-3-14(9-15)12-28/h2-11,32H,13H2,1H3. The monoisotopic (exact) mass is 490 g/mol. The van der Waals surface area contributed by atoms with Crippen molar-refractivity contribution >= 4 is 22.4 Å². The summed E-state index contributed by atoms with van der Waals surface area (Å²) in [5.41, 5.74) is 0.864. The zero-order valence-electron chi connectivity index (χ0n) is 18.6. The predicted octanol–water partition coefficient (Wildman–Crippen LogP) is 3.63. The Morgan fingerprint density at radius 2 is 1.89 bits per heavy atom. The maximum Gasteiger partial charge on any atom is 0.586 e. The van der Waals surface area contributed by atoms with E-state index in [-0.39, 0.29) is 28.3 Å². The van der Waals surface area contributed by atoms with Crippen molar-refractivity contribution in [2.24, 2.45) is 0 Å². The molecule has 1 amide bonds. The number of aromatic nitrogens is 2. The van der Waals surface area contributed by atoms with Gasteiger partial charge in [0.1, 0.15) is 12.3 Å². The molecule has 0 unspecified atom stereocenters. The third kappa shape index (κ3) is 4.05. The highest BCUT2D eigenvalue weighted by atomic mass is 19.3. The molecule has 0 bridgehead atoms. The largest absolute Gasteiger partial charge is 0.586 e. The fourth-order valence-corrected chi connectivity index (χ4v) is 3.86. The molecule has 0 saturated carbocycles. The van der Waals surface area contributed by atoms with Crippen LogP contribution in [-0.2, 0) is 11.3 Å². The van der Waals surface area contributed by atoms with E-state index in [2.05, 4.69) is 14.6 Å². The highest BCUT2D eigenvalue weighted by molar-refractivity contribution is 5.96. The summed E-state index contributed by atoms with van der Waals surface area (Å²) in [7, 11) is 1.41. The summed E-state index contributed by atoms with van der Waals surface area (Å²) in [6.45, 7) is -0.490. The fraction of sp³-hybridized carbons (Fsp3) is 0.120. The molecule has 4 aromatic rings. The van der Waals surface area contributed by atoms with Crippen molar-refractivity contribution in [3.8, 4) is 34.6 Å². The molecule has 5 rings (SSSR count). The third-order valence-electron chi connectivity index (χ3n) is 5.64. The molecule has 11 heteroatoms. The van der Waals surface area contributed by atoms with Gasteiger partial charge in [0.15, 0.2) is 11.5 Å². The van der Waals surface area contributed by atoms with Gasteiger partial charge >= 0.3 is 6.29 Å². The molecule has 0 atom stereocenters. The number of carbonyl (C=O) groups excluding carboxylic acids is 1. The molecule has 9 nitrogen and oxygen atoms in total. The number of hydrogen-bond donors (Lipinski definition) is 1. The van der Waals surface area contributed by atoms with Crippen LogP contribution in [0.5, 0.6) is 17.2 Å². The van der Waals surface area contributed by atoms with Gasteiger partial charge in [-0.3, -0.25) is 9.59 Å². The number of phenols is 1. The number of nitrogens with zero attached hydrogens (tertiary/aromatic N) is 4. The number of benzene rings is 3. The van der Waals surface area contributed by atoms with Crippen molar-refractivity contribution < 1.29 is 28.2 Å². The van der Waals surface area contributed by atoms with E-state index in [1.807, 2.05) is 6.07 Å². The van der Waals surface area contributed by atoms with Crippen LogP contribution in [-0.4, -0.2) is 34.1 Å². The van der Waals surface area contributed by atoms with E-state index in [1.165, 1.54) is 43.4 Å². The molecular weight excluding hydrogens is 474 g/mol. The first kappa shape index (κ1) is 22.8. The second-order valence-corrected chi connectivity index (χ2v) is 7.99. The average Bonchev–Trinajstić information content (AvgIpc) is 3.18. The van der Waals surface area contributed by atoms with Crippen LogP contribution in [0.15, 0.2) is 65.5 Å². The van der Waals surface area contributed by atoms with Gasteiger partial charge in [-0.15, -0.1) is 8.78 Å². The van der Waals surface area contributed by atoms with E-state index in [0.717, 1.165) is 9.58 Å². The highest BCUT2D eigenvalue weighted by Gasteiger charge is 2.43. The van der Waals surface area contributed by atoms with Gasteiger partial charge in [0, 0.05) is 29.8 Å². The maximum absolute atomic E-state index is 13.3. The molecule has 1 N–H and O–H groups in total. The van der Waals surface area contributed by atoms with E-state index in [9.17, 15) is 28.7 Å². The summed E-state index contributed by atoms with van der Waals surface area (Å²) >= 11 is 0. The van der Waals surface area contributed by atoms with Gasteiger partial charge in [0.05, 0.1) is 22.7 Å². The highest BCUT2D eigenvalue weighted by Crippen LogP contribution is 2.42. The van der Waals surface area contributed by atoms with Crippen LogP contribution in [0.25, 0.3) is 22.0 Å². The van der Waals surface area contributed by atoms with E-state index < -0.39 is 24.3 Å². The minimum Gasteiger partial charge on any atom is -0.508 e. The van der Waals surface area contributed by atoms with Crippen molar-refractivity contribution in [3.63, 3.8) is 0 Å². The zero-order valence-corrected chi connectivity index (χ0v) is 18.6. The van der Waals surface area contributed by atoms with E-state index in [0.29, 0.717) is 22.2 Å². The SMILES string of the molecule is CN(C(=O)Cn1nc(-c2cccc(C#N)c2)c2ccc(O)cc2c1=O)c1ccc2c(c1)OC(F)(F)O2. The Hall–Kier alpha value is -4.98. The molecule has 0 fully saturated rings. The number of fused-ring (bicyclic) bond motifs is 2. The molecular formula is C25H16F2N4O5. The normalized spacial score (nSPS) is 13.4. The third-order valence-corrected chi connectivity index (χ3v) is 5.64. The molecule has 0 spiro atoms. The Morgan fingerprint density at radius 3 is 2.67 bits per heavy atom. The summed E-state index contributed by atoms with van der Waals surface area (Å²) < 4.78 is 36.4. The van der Waals surface area contributed by atoms with E-state index in [1.54, 1.807) is 24.3 Å². The Bertz CT molecular complexity index is 1640. The number of ether oxygens (including phenoxy) is 2. The summed E-state index contributed by atoms with van der Waals surface area (Å²) in [6.07, 6.45) is -3.79. The lowest BCUT2D eigenvalue weighted by molar-refractivity contribution is -0.286. The van der Waals surface area contributed by atoms with Crippen LogP contribution < -0.4 is 19.9 Å². The van der Waals surface area contributed by atoms with Crippen LogP contribution in [0.4, 0.5) is 14.5 Å². The number of carbonyl (C=O) groups is 1. The Kier molecular flexibility index (Phi) is 5.29. The van der Waals surface area contributed by atoms with Gasteiger partial charge in [-0.1, -0.05) is 12.1 Å². The van der Waals surface area contributed by atoms with Crippen LogP contribution >= 0.6 is 0 Å². The first-order valence-corrected chi connectivity index (χ1v) is 10.6. The number of anilines is 1. The number of phenolic OH excluding ortho intramolecular Hbond substituents is 1. The minimum atomic E-state index is -3.79. The van der Waals surface area contributed by atoms with Crippen LogP contribution in [0.3, 0.4) is 0 Å². The van der Waals surface area contributed by atoms with E-state index in [4.69, 9.17) is 0 Å². The molecule has 0 saturated heterocycles. The number of likely N-dealkylation sites (N-methyl/N-ethyl adjacent to an activating group) is 1. The van der Waals surface area contributed by atoms with Crippen molar-refractivity contribution in [2.45, 2.75) is 12.8 Å². The molecule has 1 aromatic heterocycles. The van der Waals surface area contributed by atoms with Crippen molar-refractivity contribution in [3.05, 3.63) is 76.6 Å². The summed E-state index contributed by atoms with van der Waals surface area (Å²) in [5, 5.41) is 24.2. The van der Waals surface area contributed by atoms with Gasteiger partial charge in [-0.05, 0) is 42.5 Å². The lowest BCUT2D eigenvalue weighted by Gasteiger charge is -2.18. The zero-order chi connectivity index (χ0) is 25.6. The van der Waals surface area contributed by atoms with E-state index >= 15 is 0 Å². The van der Waals surface area contributed by atoms with Gasteiger partial charge < -0.3 is 19.5 Å². The fourth-order valence-electron chi connectivity index (χ4n) is 3.86. The lowest BCUT2D eigenvalue weighted by Crippen LogP contribution is -2.35. The Balaban J connectivity index is 1.53. The number of rotatable bonds is 4. The van der Waals surface area contributed by atoms with Crippen molar-refractivity contribution in [1.29, 1.82) is 5.26 Å². The number of nitriles is 1. The Labute approximate surface area is 201 Å². The van der Waals surface area contributed by atoms with Crippen molar-refractivity contribution in [1.82, 2.24) is 9.78 Å². The lowest BCUT2D eigenvalue weighted by atomic mass is 10.0. The summed E-state index contributed by atoms with van der Waals surface area (Å²) in [6, 6.07) is 16.7. The second-order valence-electron chi connectivity index (χ2n) is 7.99. The molecule has 0 aliphatic carbocycles. The average molecular weight is 490 g/mol. The van der Waals surface area contributed by atoms with Crippen LogP contribution in [0.2, 0.25) is 0 Å². The topological polar surface area (TPSA) is 118 Å². The number of halogens is 2. The molecule has 0 radical (unpaired) electrons. The van der Waals surface area contributed by atoms with Crippen LogP contribution in [0.1, 0.15) is 5.56 Å². The van der Waals surface area contributed by atoms with Crippen molar-refractivity contribution in [2.75, 3.05) is 11.9 Å². The molecule has 3 aromatic carbocycles. The smallest absolute Gasteiger partial charge is 0.508 e. The minimum absolute atomic E-state index is 0.128. The molecule has 2 heterocycles. The summed E-state index contributed by atoms with van der Waals surface area (Å²) in [4.78, 5) is 27.4. The molecule has 1 aliphatic rings. The number of alkyl halides is 2. The van der Waals surface area contributed by atoms with Gasteiger partial charge in [-0.2, -0.15) is 10.4 Å². The summed E-state index contributed by atoms with van der Waals surface area (Å²) in [5.74, 6) is -1.12. The molecule has 1 aliphatic heterocycles. The number of aromatic hydroxyl groups is 1.